The number of halogens is 2. The Morgan fingerprint density at radius 3 is 2.45 bits per heavy atom. The van der Waals surface area contributed by atoms with Crippen LogP contribution in [0.4, 0.5) is 8.78 Å². The Labute approximate surface area is 121 Å². The first kappa shape index (κ1) is 14.4. The van der Waals surface area contributed by atoms with Crippen LogP contribution in [0.1, 0.15) is 16.7 Å². The molecule has 0 bridgehead atoms. The van der Waals surface area contributed by atoms with Crippen molar-refractivity contribution < 1.29 is 13.5 Å². The van der Waals surface area contributed by atoms with Crippen LogP contribution in [0.15, 0.2) is 36.4 Å². The lowest BCUT2D eigenvalue weighted by Crippen LogP contribution is -2.14. The number of thiocarbonyl (C=S) groups is 1. The van der Waals surface area contributed by atoms with Crippen molar-refractivity contribution in [3.63, 3.8) is 0 Å². The molecule has 0 aliphatic rings. The maximum Gasteiger partial charge on any atom is 0.123 e. The van der Waals surface area contributed by atoms with E-state index < -0.39 is 5.82 Å². The number of aryl methyl sites for hydroxylation is 1. The van der Waals surface area contributed by atoms with Crippen molar-refractivity contribution in [1.29, 1.82) is 0 Å². The molecule has 104 valence electrons. The lowest BCUT2D eigenvalue weighted by Gasteiger charge is -2.12. The van der Waals surface area contributed by atoms with Crippen LogP contribution in [-0.2, 0) is 6.61 Å². The van der Waals surface area contributed by atoms with Crippen molar-refractivity contribution in [2.45, 2.75) is 13.5 Å². The molecule has 0 radical (unpaired) electrons. The Morgan fingerprint density at radius 2 is 1.80 bits per heavy atom. The van der Waals surface area contributed by atoms with E-state index in [1.807, 2.05) is 0 Å². The van der Waals surface area contributed by atoms with Gasteiger partial charge in [-0.05, 0) is 48.4 Å². The predicted octanol–water partition coefficient (Wildman–Crippen LogP) is 3.49. The highest BCUT2D eigenvalue weighted by molar-refractivity contribution is 7.80. The Kier molecular flexibility index (Phi) is 4.29. The lowest BCUT2D eigenvalue weighted by atomic mass is 10.1. The number of hydrogen-bond donors (Lipinski definition) is 1. The summed E-state index contributed by atoms with van der Waals surface area (Å²) in [5, 5.41) is 0. The number of benzene rings is 2. The Balaban J connectivity index is 2.20. The number of nitrogens with two attached hydrogens (primary N) is 1. The molecule has 2 N–H and O–H groups in total. The summed E-state index contributed by atoms with van der Waals surface area (Å²) in [6, 6.07) is 8.42. The van der Waals surface area contributed by atoms with E-state index in [4.69, 9.17) is 22.7 Å². The van der Waals surface area contributed by atoms with Crippen molar-refractivity contribution in [1.82, 2.24) is 0 Å². The molecular formula is C15H13F2NOS. The zero-order valence-corrected chi connectivity index (χ0v) is 11.6. The molecular weight excluding hydrogens is 280 g/mol. The first-order valence-electron chi connectivity index (χ1n) is 5.94. The van der Waals surface area contributed by atoms with Crippen molar-refractivity contribution in [3.8, 4) is 5.75 Å². The minimum Gasteiger partial charge on any atom is -0.489 e. The van der Waals surface area contributed by atoms with Crippen LogP contribution in [0, 0.1) is 18.6 Å². The smallest absolute Gasteiger partial charge is 0.123 e. The van der Waals surface area contributed by atoms with Crippen molar-refractivity contribution in [2.24, 2.45) is 5.73 Å². The van der Waals surface area contributed by atoms with E-state index in [0.29, 0.717) is 22.4 Å². The van der Waals surface area contributed by atoms with Gasteiger partial charge in [0.25, 0.3) is 0 Å². The van der Waals surface area contributed by atoms with Crippen molar-refractivity contribution in [2.75, 3.05) is 0 Å². The number of ether oxygens (including phenoxy) is 1. The summed E-state index contributed by atoms with van der Waals surface area (Å²) in [7, 11) is 0. The average Bonchev–Trinajstić information content (AvgIpc) is 2.38. The topological polar surface area (TPSA) is 35.2 Å². The van der Waals surface area contributed by atoms with Crippen LogP contribution in [0.2, 0.25) is 0 Å². The molecule has 5 heteroatoms. The quantitative estimate of drug-likeness (QED) is 0.877. The molecule has 0 amide bonds. The summed E-state index contributed by atoms with van der Waals surface area (Å²) < 4.78 is 31.8. The van der Waals surface area contributed by atoms with Crippen LogP contribution >= 0.6 is 12.2 Å². The summed E-state index contributed by atoms with van der Waals surface area (Å²) in [5.74, 6) is -0.167. The van der Waals surface area contributed by atoms with Gasteiger partial charge in [0.2, 0.25) is 0 Å². The highest BCUT2D eigenvalue weighted by Crippen LogP contribution is 2.21. The first-order chi connectivity index (χ1) is 9.47. The van der Waals surface area contributed by atoms with E-state index >= 15 is 0 Å². The minimum absolute atomic E-state index is 0.110. The van der Waals surface area contributed by atoms with Gasteiger partial charge in [-0.15, -0.1) is 0 Å². The van der Waals surface area contributed by atoms with Crippen LogP contribution in [0.3, 0.4) is 0 Å². The highest BCUT2D eigenvalue weighted by Gasteiger charge is 2.09. The first-order valence-corrected chi connectivity index (χ1v) is 6.35. The van der Waals surface area contributed by atoms with Crippen LogP contribution in [0.25, 0.3) is 0 Å². The van der Waals surface area contributed by atoms with Crippen molar-refractivity contribution in [3.05, 3.63) is 64.7 Å². The zero-order chi connectivity index (χ0) is 14.7. The average molecular weight is 293 g/mol. The highest BCUT2D eigenvalue weighted by atomic mass is 32.1. The molecule has 0 spiro atoms. The third kappa shape index (κ3) is 3.30. The van der Waals surface area contributed by atoms with Gasteiger partial charge in [-0.2, -0.15) is 0 Å². The lowest BCUT2D eigenvalue weighted by molar-refractivity contribution is 0.303. The molecule has 0 aliphatic carbocycles. The maximum atomic E-state index is 13.2. The van der Waals surface area contributed by atoms with Gasteiger partial charge in [0.1, 0.15) is 29.0 Å². The molecule has 2 nitrogen and oxygen atoms in total. The Bertz CT molecular complexity index is 658. The van der Waals surface area contributed by atoms with E-state index in [1.165, 1.54) is 24.3 Å². The largest absolute Gasteiger partial charge is 0.489 e. The summed E-state index contributed by atoms with van der Waals surface area (Å²) in [4.78, 5) is 0.110. The molecule has 2 aromatic rings. The molecule has 0 saturated heterocycles. The van der Waals surface area contributed by atoms with Crippen LogP contribution < -0.4 is 10.5 Å². The predicted molar refractivity (Wildman–Crippen MR) is 77.8 cm³/mol. The third-order valence-electron chi connectivity index (χ3n) is 2.86. The molecule has 2 rings (SSSR count). The number of hydrogen-bond acceptors (Lipinski definition) is 2. The van der Waals surface area contributed by atoms with Gasteiger partial charge in [-0.25, -0.2) is 8.78 Å². The molecule has 0 fully saturated rings. The summed E-state index contributed by atoms with van der Waals surface area (Å²) in [5.41, 5.74) is 7.37. The van der Waals surface area contributed by atoms with E-state index in [1.54, 1.807) is 19.1 Å². The zero-order valence-electron chi connectivity index (χ0n) is 10.8. The molecule has 0 aromatic heterocycles. The Morgan fingerprint density at radius 1 is 1.15 bits per heavy atom. The van der Waals surface area contributed by atoms with E-state index in [0.717, 1.165) is 0 Å². The van der Waals surface area contributed by atoms with Gasteiger partial charge in [-0.1, -0.05) is 18.3 Å². The van der Waals surface area contributed by atoms with Gasteiger partial charge in [0.05, 0.1) is 0 Å². The fraction of sp³-hybridized carbons (Fsp3) is 0.133. The summed E-state index contributed by atoms with van der Waals surface area (Å²) >= 11 is 4.89. The fourth-order valence-electron chi connectivity index (χ4n) is 1.83. The summed E-state index contributed by atoms with van der Waals surface area (Å²) in [6.07, 6.45) is 0. The van der Waals surface area contributed by atoms with Gasteiger partial charge in [0.15, 0.2) is 0 Å². The SMILES string of the molecule is Cc1cc(F)ccc1OCc1ccc(F)cc1C(N)=S. The maximum absolute atomic E-state index is 13.2. The number of rotatable bonds is 4. The second kappa shape index (κ2) is 5.96. The molecule has 0 aliphatic heterocycles. The van der Waals surface area contributed by atoms with E-state index in [9.17, 15) is 8.78 Å². The molecule has 0 atom stereocenters. The molecule has 0 saturated carbocycles. The monoisotopic (exact) mass is 293 g/mol. The van der Waals surface area contributed by atoms with Crippen molar-refractivity contribution >= 4 is 17.2 Å². The van der Waals surface area contributed by atoms with Gasteiger partial charge >= 0.3 is 0 Å². The van der Waals surface area contributed by atoms with E-state index in [2.05, 4.69) is 0 Å². The second-order valence-corrected chi connectivity index (χ2v) is 4.80. The summed E-state index contributed by atoms with van der Waals surface area (Å²) in [6.45, 7) is 1.93. The standard InChI is InChI=1S/C15H13F2NOS/c1-9-6-11(16)4-5-14(9)19-8-10-2-3-12(17)7-13(10)15(18)20/h2-7H,8H2,1H3,(H2,18,20). The third-order valence-corrected chi connectivity index (χ3v) is 3.08. The molecule has 2 aromatic carbocycles. The van der Waals surface area contributed by atoms with Gasteiger partial charge in [-0.3, -0.25) is 0 Å². The van der Waals surface area contributed by atoms with Crippen LogP contribution in [0.5, 0.6) is 5.75 Å². The molecule has 0 unspecified atom stereocenters. The van der Waals surface area contributed by atoms with Gasteiger partial charge < -0.3 is 10.5 Å². The fourth-order valence-corrected chi connectivity index (χ4v) is 2.02. The second-order valence-electron chi connectivity index (χ2n) is 4.36. The molecule has 0 heterocycles. The minimum atomic E-state index is -0.408. The van der Waals surface area contributed by atoms with Crippen LogP contribution in [-0.4, -0.2) is 4.99 Å². The van der Waals surface area contributed by atoms with E-state index in [-0.39, 0.29) is 17.4 Å². The molecule has 20 heavy (non-hydrogen) atoms. The van der Waals surface area contributed by atoms with Gasteiger partial charge in [0, 0.05) is 5.56 Å². The Hall–Kier alpha value is -2.01. The normalized spacial score (nSPS) is 10.3.